The molecule has 0 rings (SSSR count). The standard InChI is InChI=1S/C11H23NO2/c1-8(2)10(6-7-14-5)12-11(13)9(3)4/h8-10H,6-7H2,1-5H3,(H,12,13)/t10-/m1/s1. The van der Waals surface area contributed by atoms with E-state index in [9.17, 15) is 4.79 Å². The van der Waals surface area contributed by atoms with E-state index in [1.54, 1.807) is 7.11 Å². The van der Waals surface area contributed by atoms with E-state index >= 15 is 0 Å². The number of amides is 1. The van der Waals surface area contributed by atoms with Gasteiger partial charge in [0.15, 0.2) is 0 Å². The van der Waals surface area contributed by atoms with Crippen LogP contribution in [0.4, 0.5) is 0 Å². The molecule has 1 atom stereocenters. The van der Waals surface area contributed by atoms with Crippen LogP contribution in [-0.4, -0.2) is 25.7 Å². The van der Waals surface area contributed by atoms with E-state index in [2.05, 4.69) is 19.2 Å². The average molecular weight is 201 g/mol. The molecule has 84 valence electrons. The summed E-state index contributed by atoms with van der Waals surface area (Å²) in [5, 5.41) is 3.03. The molecular formula is C11H23NO2. The van der Waals surface area contributed by atoms with Crippen LogP contribution in [0.25, 0.3) is 0 Å². The maximum absolute atomic E-state index is 11.5. The zero-order chi connectivity index (χ0) is 11.1. The van der Waals surface area contributed by atoms with Crippen LogP contribution in [0, 0.1) is 11.8 Å². The first-order valence-corrected chi connectivity index (χ1v) is 5.28. The third-order valence-corrected chi connectivity index (χ3v) is 2.29. The van der Waals surface area contributed by atoms with Gasteiger partial charge in [-0.3, -0.25) is 4.79 Å². The SMILES string of the molecule is COCC[C@@H](NC(=O)C(C)C)C(C)C. The molecular weight excluding hydrogens is 178 g/mol. The lowest BCUT2D eigenvalue weighted by atomic mass is 10.0. The van der Waals surface area contributed by atoms with Gasteiger partial charge in [-0.05, 0) is 12.3 Å². The van der Waals surface area contributed by atoms with E-state index < -0.39 is 0 Å². The van der Waals surface area contributed by atoms with Crippen molar-refractivity contribution in [2.24, 2.45) is 11.8 Å². The van der Waals surface area contributed by atoms with Crippen LogP contribution in [-0.2, 0) is 9.53 Å². The summed E-state index contributed by atoms with van der Waals surface area (Å²) in [5.74, 6) is 0.631. The van der Waals surface area contributed by atoms with Gasteiger partial charge < -0.3 is 10.1 Å². The third-order valence-electron chi connectivity index (χ3n) is 2.29. The van der Waals surface area contributed by atoms with Gasteiger partial charge in [0.2, 0.25) is 5.91 Å². The summed E-state index contributed by atoms with van der Waals surface area (Å²) in [6.07, 6.45) is 0.882. The first kappa shape index (κ1) is 13.4. The summed E-state index contributed by atoms with van der Waals surface area (Å²) in [7, 11) is 1.68. The number of ether oxygens (including phenoxy) is 1. The van der Waals surface area contributed by atoms with Crippen molar-refractivity contribution in [1.29, 1.82) is 0 Å². The molecule has 0 fully saturated rings. The predicted octanol–water partition coefficient (Wildman–Crippen LogP) is 1.82. The number of hydrogen-bond donors (Lipinski definition) is 1. The molecule has 3 heteroatoms. The van der Waals surface area contributed by atoms with Gasteiger partial charge in [-0.15, -0.1) is 0 Å². The van der Waals surface area contributed by atoms with Crippen molar-refractivity contribution in [3.05, 3.63) is 0 Å². The summed E-state index contributed by atoms with van der Waals surface area (Å²) in [6, 6.07) is 0.227. The molecule has 0 spiro atoms. The largest absolute Gasteiger partial charge is 0.385 e. The smallest absolute Gasteiger partial charge is 0.222 e. The second kappa shape index (κ2) is 6.82. The molecule has 0 bridgehead atoms. The van der Waals surface area contributed by atoms with E-state index in [1.165, 1.54) is 0 Å². The maximum atomic E-state index is 11.5. The zero-order valence-electron chi connectivity index (χ0n) is 9.96. The summed E-state index contributed by atoms with van der Waals surface area (Å²) in [5.41, 5.74) is 0. The van der Waals surface area contributed by atoms with Crippen molar-refractivity contribution in [2.45, 2.75) is 40.2 Å². The number of nitrogens with one attached hydrogen (secondary N) is 1. The monoisotopic (exact) mass is 201 g/mol. The minimum absolute atomic E-state index is 0.0544. The molecule has 0 aliphatic heterocycles. The summed E-state index contributed by atoms with van der Waals surface area (Å²) >= 11 is 0. The highest BCUT2D eigenvalue weighted by molar-refractivity contribution is 5.78. The van der Waals surface area contributed by atoms with E-state index in [0.29, 0.717) is 12.5 Å². The highest BCUT2D eigenvalue weighted by Gasteiger charge is 2.17. The Balaban J connectivity index is 4.02. The van der Waals surface area contributed by atoms with Crippen LogP contribution >= 0.6 is 0 Å². The van der Waals surface area contributed by atoms with Crippen molar-refractivity contribution in [1.82, 2.24) is 5.32 Å². The number of carbonyl (C=O) groups is 1. The van der Waals surface area contributed by atoms with Gasteiger partial charge in [-0.2, -0.15) is 0 Å². The van der Waals surface area contributed by atoms with Gasteiger partial charge in [0.05, 0.1) is 0 Å². The molecule has 0 aromatic heterocycles. The lowest BCUT2D eigenvalue weighted by Gasteiger charge is -2.23. The molecule has 1 amide bonds. The molecule has 14 heavy (non-hydrogen) atoms. The van der Waals surface area contributed by atoms with Crippen molar-refractivity contribution in [3.8, 4) is 0 Å². The average Bonchev–Trinajstić information content (AvgIpc) is 2.10. The Morgan fingerprint density at radius 3 is 2.21 bits per heavy atom. The summed E-state index contributed by atoms with van der Waals surface area (Å²) in [6.45, 7) is 8.73. The molecule has 1 N–H and O–H groups in total. The Morgan fingerprint density at radius 2 is 1.86 bits per heavy atom. The van der Waals surface area contributed by atoms with Crippen LogP contribution in [0.15, 0.2) is 0 Å². The third kappa shape index (κ3) is 5.22. The molecule has 0 saturated heterocycles. The van der Waals surface area contributed by atoms with E-state index in [4.69, 9.17) is 4.74 Å². The van der Waals surface area contributed by atoms with Gasteiger partial charge in [0, 0.05) is 25.7 Å². The van der Waals surface area contributed by atoms with Crippen molar-refractivity contribution in [2.75, 3.05) is 13.7 Å². The molecule has 0 unspecified atom stereocenters. The van der Waals surface area contributed by atoms with Gasteiger partial charge >= 0.3 is 0 Å². The first-order chi connectivity index (χ1) is 6.49. The van der Waals surface area contributed by atoms with E-state index in [-0.39, 0.29) is 17.9 Å². The Labute approximate surface area is 87.2 Å². The molecule has 0 aliphatic carbocycles. The molecule has 0 aliphatic rings. The van der Waals surface area contributed by atoms with Crippen LogP contribution in [0.2, 0.25) is 0 Å². The van der Waals surface area contributed by atoms with Gasteiger partial charge in [-0.1, -0.05) is 27.7 Å². The fourth-order valence-electron chi connectivity index (χ4n) is 1.17. The molecule has 0 heterocycles. The second-order valence-corrected chi connectivity index (χ2v) is 4.30. The zero-order valence-corrected chi connectivity index (χ0v) is 9.96. The van der Waals surface area contributed by atoms with Crippen LogP contribution in [0.3, 0.4) is 0 Å². The van der Waals surface area contributed by atoms with Gasteiger partial charge in [0.1, 0.15) is 0 Å². The molecule has 0 aromatic rings. The van der Waals surface area contributed by atoms with Crippen LogP contribution in [0.5, 0.6) is 0 Å². The Morgan fingerprint density at radius 1 is 1.29 bits per heavy atom. The lowest BCUT2D eigenvalue weighted by Crippen LogP contribution is -2.41. The predicted molar refractivity (Wildman–Crippen MR) is 58.1 cm³/mol. The van der Waals surface area contributed by atoms with Gasteiger partial charge in [-0.25, -0.2) is 0 Å². The fourth-order valence-corrected chi connectivity index (χ4v) is 1.17. The van der Waals surface area contributed by atoms with Gasteiger partial charge in [0.25, 0.3) is 0 Å². The summed E-state index contributed by atoms with van der Waals surface area (Å²) in [4.78, 5) is 11.5. The second-order valence-electron chi connectivity index (χ2n) is 4.30. The minimum Gasteiger partial charge on any atom is -0.385 e. The molecule has 0 radical (unpaired) electrons. The Kier molecular flexibility index (Phi) is 6.54. The minimum atomic E-state index is 0.0544. The number of hydrogen-bond acceptors (Lipinski definition) is 2. The normalized spacial score (nSPS) is 13.4. The Bertz CT molecular complexity index is 167. The van der Waals surface area contributed by atoms with Crippen molar-refractivity contribution < 1.29 is 9.53 Å². The molecule has 0 aromatic carbocycles. The van der Waals surface area contributed by atoms with E-state index in [1.807, 2.05) is 13.8 Å². The maximum Gasteiger partial charge on any atom is 0.222 e. The van der Waals surface area contributed by atoms with E-state index in [0.717, 1.165) is 6.42 Å². The van der Waals surface area contributed by atoms with Crippen LogP contribution < -0.4 is 5.32 Å². The number of methoxy groups -OCH3 is 1. The Hall–Kier alpha value is -0.570. The van der Waals surface area contributed by atoms with Crippen molar-refractivity contribution in [3.63, 3.8) is 0 Å². The topological polar surface area (TPSA) is 38.3 Å². The lowest BCUT2D eigenvalue weighted by molar-refractivity contribution is -0.125. The number of carbonyl (C=O) groups excluding carboxylic acids is 1. The number of rotatable bonds is 6. The fraction of sp³-hybridized carbons (Fsp3) is 0.909. The highest BCUT2D eigenvalue weighted by atomic mass is 16.5. The molecule has 0 saturated carbocycles. The summed E-state index contributed by atoms with van der Waals surface area (Å²) < 4.78 is 5.01. The van der Waals surface area contributed by atoms with Crippen LogP contribution in [0.1, 0.15) is 34.1 Å². The quantitative estimate of drug-likeness (QED) is 0.712. The first-order valence-electron chi connectivity index (χ1n) is 5.28. The molecule has 3 nitrogen and oxygen atoms in total. The highest BCUT2D eigenvalue weighted by Crippen LogP contribution is 2.07. The van der Waals surface area contributed by atoms with Crippen molar-refractivity contribution >= 4 is 5.91 Å².